The van der Waals surface area contributed by atoms with Crippen molar-refractivity contribution in [1.29, 1.82) is 0 Å². The van der Waals surface area contributed by atoms with Crippen LogP contribution in [0.25, 0.3) is 0 Å². The third-order valence-electron chi connectivity index (χ3n) is 4.36. The molecule has 1 aliphatic rings. The molecule has 0 aliphatic carbocycles. The normalized spacial score (nSPS) is 23.9. The first kappa shape index (κ1) is 14.5. The lowest BCUT2D eigenvalue weighted by molar-refractivity contribution is 0.189. The maximum Gasteiger partial charge on any atom is 0.0239 e. The van der Waals surface area contributed by atoms with Crippen LogP contribution in [0.15, 0.2) is 24.3 Å². The van der Waals surface area contributed by atoms with Crippen molar-refractivity contribution in [3.63, 3.8) is 0 Å². The molecular weight excluding hydrogens is 232 g/mol. The van der Waals surface area contributed by atoms with E-state index < -0.39 is 0 Å². The molecule has 0 radical (unpaired) electrons. The maximum absolute atomic E-state index is 3.40. The molecule has 2 heteroatoms. The second-order valence-electron chi connectivity index (χ2n) is 5.76. The quantitative estimate of drug-likeness (QED) is 0.841. The van der Waals surface area contributed by atoms with Crippen molar-refractivity contribution in [3.8, 4) is 0 Å². The zero-order valence-corrected chi connectivity index (χ0v) is 12.7. The summed E-state index contributed by atoms with van der Waals surface area (Å²) >= 11 is 0. The van der Waals surface area contributed by atoms with Crippen LogP contribution in [0, 0.1) is 0 Å². The van der Waals surface area contributed by atoms with Gasteiger partial charge in [-0.2, -0.15) is 0 Å². The van der Waals surface area contributed by atoms with E-state index in [1.807, 2.05) is 0 Å². The molecule has 0 aromatic heterocycles. The van der Waals surface area contributed by atoms with Crippen molar-refractivity contribution in [2.45, 2.75) is 65.2 Å². The predicted molar refractivity (Wildman–Crippen MR) is 82.1 cm³/mol. The Labute approximate surface area is 118 Å². The second-order valence-corrected chi connectivity index (χ2v) is 5.76. The lowest BCUT2D eigenvalue weighted by Gasteiger charge is -2.27. The minimum Gasteiger partial charge on any atom is -0.313 e. The average molecular weight is 260 g/mol. The number of nitrogens with one attached hydrogen (secondary N) is 1. The molecule has 0 bridgehead atoms. The summed E-state index contributed by atoms with van der Waals surface area (Å²) in [6, 6.07) is 10.6. The van der Waals surface area contributed by atoms with Crippen LogP contribution in [0.1, 0.15) is 51.2 Å². The monoisotopic (exact) mass is 260 g/mol. The van der Waals surface area contributed by atoms with Gasteiger partial charge in [0.25, 0.3) is 0 Å². The van der Waals surface area contributed by atoms with Gasteiger partial charge in [0.1, 0.15) is 0 Å². The minimum absolute atomic E-state index is 0.738. The minimum atomic E-state index is 0.738. The number of likely N-dealkylation sites (tertiary alicyclic amines) is 1. The van der Waals surface area contributed by atoms with Crippen LogP contribution in [-0.4, -0.2) is 23.5 Å². The fourth-order valence-corrected chi connectivity index (χ4v) is 3.17. The molecule has 2 nitrogen and oxygen atoms in total. The Balaban J connectivity index is 2.01. The van der Waals surface area contributed by atoms with Crippen LogP contribution in [-0.2, 0) is 13.1 Å². The molecule has 0 spiro atoms. The first-order chi connectivity index (χ1) is 9.24. The molecule has 0 saturated carbocycles. The van der Waals surface area contributed by atoms with Crippen LogP contribution < -0.4 is 5.32 Å². The highest BCUT2D eigenvalue weighted by atomic mass is 15.2. The van der Waals surface area contributed by atoms with Crippen LogP contribution in [0.5, 0.6) is 0 Å². The number of hydrogen-bond acceptors (Lipinski definition) is 2. The highest BCUT2D eigenvalue weighted by Crippen LogP contribution is 2.27. The predicted octanol–water partition coefficient (Wildman–Crippen LogP) is 3.56. The van der Waals surface area contributed by atoms with E-state index in [1.54, 1.807) is 0 Å². The second kappa shape index (κ2) is 7.06. The van der Waals surface area contributed by atoms with Gasteiger partial charge < -0.3 is 5.32 Å². The molecule has 106 valence electrons. The molecule has 1 heterocycles. The summed E-state index contributed by atoms with van der Waals surface area (Å²) in [6.45, 7) is 9.97. The van der Waals surface area contributed by atoms with E-state index in [4.69, 9.17) is 0 Å². The van der Waals surface area contributed by atoms with Gasteiger partial charge in [-0.15, -0.1) is 0 Å². The summed E-state index contributed by atoms with van der Waals surface area (Å²) in [5.74, 6) is 0. The van der Waals surface area contributed by atoms with E-state index in [9.17, 15) is 0 Å². The van der Waals surface area contributed by atoms with Gasteiger partial charge in [0.2, 0.25) is 0 Å². The van der Waals surface area contributed by atoms with Crippen molar-refractivity contribution in [3.05, 3.63) is 35.4 Å². The van der Waals surface area contributed by atoms with Crippen LogP contribution >= 0.6 is 0 Å². The van der Waals surface area contributed by atoms with E-state index in [1.165, 1.54) is 30.4 Å². The molecule has 0 amide bonds. The third-order valence-corrected chi connectivity index (χ3v) is 4.36. The molecular formula is C17H28N2. The topological polar surface area (TPSA) is 15.3 Å². The average Bonchev–Trinajstić information content (AvgIpc) is 2.78. The third kappa shape index (κ3) is 3.80. The van der Waals surface area contributed by atoms with E-state index in [0.717, 1.165) is 31.7 Å². The number of nitrogens with zero attached hydrogens (tertiary/aromatic N) is 1. The molecule has 1 aliphatic heterocycles. The smallest absolute Gasteiger partial charge is 0.0239 e. The number of benzene rings is 1. The van der Waals surface area contributed by atoms with Crippen LogP contribution in [0.4, 0.5) is 0 Å². The Morgan fingerprint density at radius 1 is 1.21 bits per heavy atom. The van der Waals surface area contributed by atoms with Gasteiger partial charge in [0, 0.05) is 25.2 Å². The van der Waals surface area contributed by atoms with Gasteiger partial charge in [-0.25, -0.2) is 0 Å². The standard InChI is InChI=1S/C17H28N2/c1-4-17-10-9-14(3)19(17)13-16-8-6-7-15(11-16)12-18-5-2/h6-8,11,14,17-18H,4-5,9-10,12-13H2,1-3H3. The fraction of sp³-hybridized carbons (Fsp3) is 0.647. The van der Waals surface area contributed by atoms with Crippen molar-refractivity contribution in [2.75, 3.05) is 6.54 Å². The first-order valence-corrected chi connectivity index (χ1v) is 7.78. The lowest BCUT2D eigenvalue weighted by atomic mass is 10.1. The number of hydrogen-bond donors (Lipinski definition) is 1. The molecule has 1 N–H and O–H groups in total. The summed E-state index contributed by atoms with van der Waals surface area (Å²) in [7, 11) is 0. The summed E-state index contributed by atoms with van der Waals surface area (Å²) in [4.78, 5) is 2.69. The molecule has 1 saturated heterocycles. The molecule has 1 aromatic carbocycles. The van der Waals surface area contributed by atoms with Crippen molar-refractivity contribution in [1.82, 2.24) is 10.2 Å². The van der Waals surface area contributed by atoms with E-state index in [0.29, 0.717) is 0 Å². The SMILES string of the molecule is CCNCc1cccc(CN2C(C)CCC2CC)c1. The van der Waals surface area contributed by atoms with Gasteiger partial charge in [-0.1, -0.05) is 38.1 Å². The fourth-order valence-electron chi connectivity index (χ4n) is 3.17. The Hall–Kier alpha value is -0.860. The molecule has 1 fully saturated rings. The summed E-state index contributed by atoms with van der Waals surface area (Å²) in [5.41, 5.74) is 2.86. The van der Waals surface area contributed by atoms with Gasteiger partial charge in [-0.3, -0.25) is 4.90 Å². The van der Waals surface area contributed by atoms with Crippen LogP contribution in [0.2, 0.25) is 0 Å². The van der Waals surface area contributed by atoms with Crippen molar-refractivity contribution in [2.24, 2.45) is 0 Å². The Morgan fingerprint density at radius 3 is 2.74 bits per heavy atom. The van der Waals surface area contributed by atoms with Gasteiger partial charge >= 0.3 is 0 Å². The largest absolute Gasteiger partial charge is 0.313 e. The Morgan fingerprint density at radius 2 is 2.00 bits per heavy atom. The molecule has 2 rings (SSSR count). The Kier molecular flexibility index (Phi) is 5.41. The summed E-state index contributed by atoms with van der Waals surface area (Å²) in [5, 5.41) is 3.40. The molecule has 2 unspecified atom stereocenters. The Bertz CT molecular complexity index is 389. The highest BCUT2D eigenvalue weighted by molar-refractivity contribution is 5.23. The van der Waals surface area contributed by atoms with Gasteiger partial charge in [-0.05, 0) is 43.9 Å². The highest BCUT2D eigenvalue weighted by Gasteiger charge is 2.28. The lowest BCUT2D eigenvalue weighted by Crippen LogP contribution is -2.33. The summed E-state index contributed by atoms with van der Waals surface area (Å²) < 4.78 is 0. The first-order valence-electron chi connectivity index (χ1n) is 7.78. The van der Waals surface area contributed by atoms with Gasteiger partial charge in [0.15, 0.2) is 0 Å². The van der Waals surface area contributed by atoms with E-state index in [-0.39, 0.29) is 0 Å². The van der Waals surface area contributed by atoms with Crippen molar-refractivity contribution >= 4 is 0 Å². The van der Waals surface area contributed by atoms with E-state index in [2.05, 4.69) is 55.3 Å². The number of rotatable bonds is 6. The summed E-state index contributed by atoms with van der Waals surface area (Å²) in [6.07, 6.45) is 4.01. The van der Waals surface area contributed by atoms with Gasteiger partial charge in [0.05, 0.1) is 0 Å². The van der Waals surface area contributed by atoms with Crippen LogP contribution in [0.3, 0.4) is 0 Å². The molecule has 19 heavy (non-hydrogen) atoms. The van der Waals surface area contributed by atoms with E-state index >= 15 is 0 Å². The molecule has 1 aromatic rings. The zero-order chi connectivity index (χ0) is 13.7. The zero-order valence-electron chi connectivity index (χ0n) is 12.7. The maximum atomic E-state index is 3.40. The molecule has 2 atom stereocenters. The van der Waals surface area contributed by atoms with Crippen molar-refractivity contribution < 1.29 is 0 Å².